The maximum atomic E-state index is 13.0. The Morgan fingerprint density at radius 1 is 1.22 bits per heavy atom. The average molecular weight is 404 g/mol. The normalized spacial score (nSPS) is 24.8. The van der Waals surface area contributed by atoms with Crippen LogP contribution in [0.5, 0.6) is 0 Å². The highest BCUT2D eigenvalue weighted by Crippen LogP contribution is 2.44. The summed E-state index contributed by atoms with van der Waals surface area (Å²) in [6, 6.07) is 3.67. The van der Waals surface area contributed by atoms with Crippen molar-refractivity contribution in [2.75, 3.05) is 0 Å². The van der Waals surface area contributed by atoms with Crippen LogP contribution in [-0.2, 0) is 20.8 Å². The Bertz CT molecular complexity index is 855. The molecule has 1 amide bonds. The van der Waals surface area contributed by atoms with Crippen LogP contribution in [-0.4, -0.2) is 30.7 Å². The average Bonchev–Trinajstić information content (AvgIpc) is 3.28. The predicted molar refractivity (Wildman–Crippen MR) is 93.5 cm³/mol. The smallest absolute Gasteiger partial charge is 0.352 e. The molecule has 2 aliphatic carbocycles. The molecule has 0 spiro atoms. The molecule has 0 radical (unpaired) electrons. The maximum absolute atomic E-state index is 13.0. The summed E-state index contributed by atoms with van der Waals surface area (Å²) in [5.41, 5.74) is 4.06. The van der Waals surface area contributed by atoms with Crippen molar-refractivity contribution in [2.45, 2.75) is 66.9 Å². The molecule has 0 aliphatic heterocycles. The molecule has 1 aromatic rings. The van der Waals surface area contributed by atoms with Crippen LogP contribution >= 0.6 is 0 Å². The van der Waals surface area contributed by atoms with Gasteiger partial charge in [-0.3, -0.25) is 4.79 Å². The van der Waals surface area contributed by atoms with Crippen molar-refractivity contribution in [3.63, 3.8) is 0 Å². The van der Waals surface area contributed by atoms with Gasteiger partial charge in [0, 0.05) is 6.04 Å². The van der Waals surface area contributed by atoms with Gasteiger partial charge in [-0.2, -0.15) is 13.2 Å². The number of hydrogen-bond donors (Lipinski definition) is 2. The number of benzene rings is 1. The summed E-state index contributed by atoms with van der Waals surface area (Å²) in [6.07, 6.45) is -2.42. The summed E-state index contributed by atoms with van der Waals surface area (Å²) in [5, 5.41) is 2.83. The third-order valence-corrected chi connectivity index (χ3v) is 8.45. The molecule has 1 aromatic carbocycles. The molecule has 3 rings (SSSR count). The third kappa shape index (κ3) is 3.59. The van der Waals surface area contributed by atoms with E-state index < -0.39 is 31.9 Å². The van der Waals surface area contributed by atoms with Crippen LogP contribution in [0.4, 0.5) is 13.2 Å². The quantitative estimate of drug-likeness (QED) is 0.790. The number of carbonyl (C=O) groups excluding carboxylic acids is 1. The fraction of sp³-hybridized carbons (Fsp3) is 0.611. The highest BCUT2D eigenvalue weighted by molar-refractivity contribution is 7.92. The van der Waals surface area contributed by atoms with Crippen LogP contribution in [0.3, 0.4) is 0 Å². The molecule has 0 saturated heterocycles. The molecule has 0 heterocycles. The van der Waals surface area contributed by atoms with E-state index in [0.717, 1.165) is 12.1 Å². The van der Waals surface area contributed by atoms with Crippen LogP contribution in [0.25, 0.3) is 0 Å². The first-order valence-corrected chi connectivity index (χ1v) is 10.3. The Labute approximate surface area is 156 Å². The van der Waals surface area contributed by atoms with Gasteiger partial charge in [0.2, 0.25) is 5.91 Å². The van der Waals surface area contributed by atoms with E-state index in [-0.39, 0.29) is 22.8 Å². The number of nitrogens with one attached hydrogen (secondary N) is 1. The van der Waals surface area contributed by atoms with Gasteiger partial charge in [-0.25, -0.2) is 8.42 Å². The highest BCUT2D eigenvalue weighted by atomic mass is 32.2. The standard InChI is InChI=1S/C18H23F3N2O3S/c1-16(2,12-8-13(9-12)23-15(24)17(22)6-7-17)27(25,26)14-5-3-4-11(10-14)18(19,20)21/h3-5,10,12-13H,6-9,22H2,1-2H3,(H,23,24)/t12-,13+. The first-order chi connectivity index (χ1) is 12.3. The molecule has 9 heteroatoms. The number of rotatable bonds is 5. The van der Waals surface area contributed by atoms with Crippen molar-refractivity contribution < 1.29 is 26.4 Å². The van der Waals surface area contributed by atoms with Gasteiger partial charge in [-0.15, -0.1) is 0 Å². The molecule has 150 valence electrons. The van der Waals surface area contributed by atoms with Crippen LogP contribution in [0.2, 0.25) is 0 Å². The Hall–Kier alpha value is -1.61. The minimum atomic E-state index is -4.61. The molecule has 2 aliphatic rings. The Morgan fingerprint density at radius 3 is 2.33 bits per heavy atom. The Balaban J connectivity index is 1.72. The second kappa shape index (κ2) is 6.20. The largest absolute Gasteiger partial charge is 0.416 e. The molecular formula is C18H23F3N2O3S. The maximum Gasteiger partial charge on any atom is 0.416 e. The van der Waals surface area contributed by atoms with Crippen LogP contribution in [0.1, 0.15) is 45.1 Å². The van der Waals surface area contributed by atoms with Crippen LogP contribution in [0.15, 0.2) is 29.2 Å². The van der Waals surface area contributed by atoms with Gasteiger partial charge in [0.05, 0.1) is 20.7 Å². The predicted octanol–water partition coefficient (Wildman–Crippen LogP) is 2.64. The first-order valence-electron chi connectivity index (χ1n) is 8.79. The van der Waals surface area contributed by atoms with Crippen molar-refractivity contribution in [1.29, 1.82) is 0 Å². The zero-order valence-electron chi connectivity index (χ0n) is 15.1. The van der Waals surface area contributed by atoms with E-state index in [1.165, 1.54) is 19.9 Å². The number of halogens is 3. The van der Waals surface area contributed by atoms with E-state index in [0.29, 0.717) is 31.7 Å². The second-order valence-corrected chi connectivity index (χ2v) is 10.7. The lowest BCUT2D eigenvalue weighted by Crippen LogP contribution is -2.56. The Morgan fingerprint density at radius 2 is 1.81 bits per heavy atom. The van der Waals surface area contributed by atoms with E-state index in [1.54, 1.807) is 0 Å². The number of sulfone groups is 1. The number of alkyl halides is 3. The molecular weight excluding hydrogens is 381 g/mol. The molecule has 3 N–H and O–H groups in total. The fourth-order valence-electron chi connectivity index (χ4n) is 3.36. The summed E-state index contributed by atoms with van der Waals surface area (Å²) in [6.45, 7) is 3.05. The lowest BCUT2D eigenvalue weighted by Gasteiger charge is -2.45. The number of hydrogen-bond acceptors (Lipinski definition) is 4. The summed E-state index contributed by atoms with van der Waals surface area (Å²) in [7, 11) is -3.99. The minimum Gasteiger partial charge on any atom is -0.352 e. The van der Waals surface area contributed by atoms with Crippen molar-refractivity contribution in [1.82, 2.24) is 5.32 Å². The summed E-state index contributed by atoms with van der Waals surface area (Å²) >= 11 is 0. The lowest BCUT2D eigenvalue weighted by atomic mass is 9.73. The molecule has 5 nitrogen and oxygen atoms in total. The topological polar surface area (TPSA) is 89.3 Å². The first kappa shape index (κ1) is 20.1. The van der Waals surface area contributed by atoms with E-state index in [9.17, 15) is 26.4 Å². The van der Waals surface area contributed by atoms with Crippen molar-refractivity contribution in [3.8, 4) is 0 Å². The van der Waals surface area contributed by atoms with Crippen LogP contribution < -0.4 is 11.1 Å². The number of carbonyl (C=O) groups is 1. The minimum absolute atomic E-state index is 0.153. The van der Waals surface area contributed by atoms with Gasteiger partial charge in [0.25, 0.3) is 0 Å². The van der Waals surface area contributed by atoms with Crippen LogP contribution in [0, 0.1) is 5.92 Å². The van der Waals surface area contributed by atoms with Crippen molar-refractivity contribution >= 4 is 15.7 Å². The lowest BCUT2D eigenvalue weighted by molar-refractivity contribution is -0.137. The Kier molecular flexibility index (Phi) is 4.62. The van der Waals surface area contributed by atoms with Gasteiger partial charge < -0.3 is 11.1 Å². The SMILES string of the molecule is CC(C)([C@H]1C[C@@H](NC(=O)C2(N)CC2)C1)S(=O)(=O)c1cccc(C(F)(F)F)c1. The zero-order chi connectivity index (χ0) is 20.3. The molecule has 27 heavy (non-hydrogen) atoms. The molecule has 0 aromatic heterocycles. The fourth-order valence-corrected chi connectivity index (χ4v) is 5.14. The highest BCUT2D eigenvalue weighted by Gasteiger charge is 2.51. The molecule has 2 fully saturated rings. The van der Waals surface area contributed by atoms with E-state index in [1.807, 2.05) is 0 Å². The molecule has 0 bridgehead atoms. The zero-order valence-corrected chi connectivity index (χ0v) is 16.0. The van der Waals surface area contributed by atoms with Gasteiger partial charge >= 0.3 is 6.18 Å². The van der Waals surface area contributed by atoms with Gasteiger partial charge in [-0.1, -0.05) is 6.07 Å². The van der Waals surface area contributed by atoms with Gasteiger partial charge in [0.15, 0.2) is 9.84 Å². The summed E-state index contributed by atoms with van der Waals surface area (Å²) in [4.78, 5) is 11.6. The van der Waals surface area contributed by atoms with Crippen molar-refractivity contribution in [3.05, 3.63) is 29.8 Å². The van der Waals surface area contributed by atoms with Crippen molar-refractivity contribution in [2.24, 2.45) is 11.7 Å². The van der Waals surface area contributed by atoms with Gasteiger partial charge in [-0.05, 0) is 63.6 Å². The van der Waals surface area contributed by atoms with Gasteiger partial charge in [0.1, 0.15) is 0 Å². The number of nitrogens with two attached hydrogens (primary N) is 1. The second-order valence-electron chi connectivity index (χ2n) is 8.13. The van der Waals surface area contributed by atoms with E-state index in [4.69, 9.17) is 5.73 Å². The van der Waals surface area contributed by atoms with E-state index in [2.05, 4.69) is 5.32 Å². The molecule has 2 saturated carbocycles. The third-order valence-electron chi connectivity index (χ3n) is 5.86. The number of amides is 1. The molecule has 0 unspecified atom stereocenters. The molecule has 0 atom stereocenters. The summed E-state index contributed by atoms with van der Waals surface area (Å²) < 4.78 is 63.5. The summed E-state index contributed by atoms with van der Waals surface area (Å²) in [5.74, 6) is -0.486. The monoisotopic (exact) mass is 404 g/mol. The van der Waals surface area contributed by atoms with E-state index >= 15 is 0 Å².